The normalized spacial score (nSPS) is 14.2. The number of carbonyl (C=O) groups is 2. The van der Waals surface area contributed by atoms with Gasteiger partial charge in [-0.25, -0.2) is 9.78 Å². The van der Waals surface area contributed by atoms with Crippen LogP contribution >= 0.6 is 11.3 Å². The maximum atomic E-state index is 13.7. The van der Waals surface area contributed by atoms with Crippen LogP contribution in [0.15, 0.2) is 96.4 Å². The Morgan fingerprint density at radius 1 is 0.850 bits per heavy atom. The molecular weight excluding hydrogens is 528 g/mol. The average molecular weight is 561 g/mol. The van der Waals surface area contributed by atoms with Gasteiger partial charge in [0.05, 0.1) is 7.11 Å². The number of aromatic nitrogens is 1. The van der Waals surface area contributed by atoms with E-state index in [-0.39, 0.29) is 10.7 Å². The standard InChI is InChI=1S/C31H32N2O6S/c1-29(2,3)38-28(35)25(26-33-24(20-40-26)27(34)37-4)31(32,36)39-30(21-14-8-5-9-15-21,22-16-10-6-11-17-22)23-18-12-7-13-19-23/h5-20,25,36H,32H2,1-4H3/t25-,31?/m0/s1. The summed E-state index contributed by atoms with van der Waals surface area (Å²) in [5, 5.41) is 13.5. The monoisotopic (exact) mass is 560 g/mol. The molecule has 0 aliphatic carbocycles. The second-order valence-corrected chi connectivity index (χ2v) is 11.1. The molecule has 1 unspecified atom stereocenters. The Morgan fingerprint density at radius 3 is 1.70 bits per heavy atom. The molecule has 0 bridgehead atoms. The second kappa shape index (κ2) is 11.7. The Morgan fingerprint density at radius 2 is 1.30 bits per heavy atom. The van der Waals surface area contributed by atoms with Crippen molar-refractivity contribution in [3.63, 3.8) is 0 Å². The Labute approximate surface area is 237 Å². The number of nitrogens with two attached hydrogens (primary N) is 1. The molecule has 0 saturated carbocycles. The highest BCUT2D eigenvalue weighted by Crippen LogP contribution is 2.45. The molecule has 3 aromatic carbocycles. The summed E-state index contributed by atoms with van der Waals surface area (Å²) in [6.07, 6.45) is 0. The average Bonchev–Trinajstić information content (AvgIpc) is 3.41. The van der Waals surface area contributed by atoms with Crippen molar-refractivity contribution in [3.8, 4) is 0 Å². The topological polar surface area (TPSA) is 121 Å². The maximum Gasteiger partial charge on any atom is 0.357 e. The number of nitrogens with zero attached hydrogens (tertiary/aromatic N) is 1. The van der Waals surface area contributed by atoms with E-state index in [4.69, 9.17) is 19.9 Å². The Bertz CT molecular complexity index is 1340. The molecule has 1 aromatic heterocycles. The van der Waals surface area contributed by atoms with Gasteiger partial charge in [0.15, 0.2) is 11.6 Å². The fourth-order valence-corrected chi connectivity index (χ4v) is 5.36. The van der Waals surface area contributed by atoms with Gasteiger partial charge in [0.2, 0.25) is 5.91 Å². The lowest BCUT2D eigenvalue weighted by atomic mass is 9.79. The van der Waals surface area contributed by atoms with Crippen LogP contribution in [0.4, 0.5) is 0 Å². The third-order valence-corrected chi connectivity index (χ3v) is 6.99. The third kappa shape index (κ3) is 6.13. The fraction of sp³-hybridized carbons (Fsp3) is 0.258. The van der Waals surface area contributed by atoms with E-state index in [0.29, 0.717) is 16.7 Å². The summed E-state index contributed by atoms with van der Waals surface area (Å²) in [6, 6.07) is 27.9. The smallest absolute Gasteiger partial charge is 0.357 e. The van der Waals surface area contributed by atoms with Crippen LogP contribution in [-0.2, 0) is 24.6 Å². The zero-order valence-electron chi connectivity index (χ0n) is 22.7. The van der Waals surface area contributed by atoms with Gasteiger partial charge in [0.1, 0.15) is 16.2 Å². The van der Waals surface area contributed by atoms with Gasteiger partial charge in [-0.2, -0.15) is 0 Å². The van der Waals surface area contributed by atoms with Crippen molar-refractivity contribution < 1.29 is 28.9 Å². The number of benzene rings is 3. The van der Waals surface area contributed by atoms with Crippen LogP contribution in [0.5, 0.6) is 0 Å². The van der Waals surface area contributed by atoms with Crippen LogP contribution in [0.25, 0.3) is 0 Å². The number of aliphatic hydroxyl groups is 1. The van der Waals surface area contributed by atoms with Gasteiger partial charge in [-0.1, -0.05) is 91.0 Å². The van der Waals surface area contributed by atoms with Gasteiger partial charge < -0.3 is 19.3 Å². The molecule has 0 radical (unpaired) electrons. The number of hydrogen-bond acceptors (Lipinski definition) is 9. The van der Waals surface area contributed by atoms with E-state index in [2.05, 4.69) is 4.98 Å². The molecule has 0 aliphatic rings. The SMILES string of the molecule is COC(=O)c1csc([C@@H](C(=O)OC(C)(C)C)C(N)(O)OC(c2ccccc2)(c2ccccc2)c2ccccc2)n1. The lowest BCUT2D eigenvalue weighted by molar-refractivity contribution is -0.261. The van der Waals surface area contributed by atoms with Crippen molar-refractivity contribution in [2.24, 2.45) is 5.73 Å². The molecule has 1 heterocycles. The van der Waals surface area contributed by atoms with Crippen molar-refractivity contribution in [1.82, 2.24) is 4.98 Å². The summed E-state index contributed by atoms with van der Waals surface area (Å²) in [5.74, 6) is -5.86. The fourth-order valence-electron chi connectivity index (χ4n) is 4.43. The first-order valence-electron chi connectivity index (χ1n) is 12.6. The van der Waals surface area contributed by atoms with E-state index in [1.807, 2.05) is 91.0 Å². The minimum Gasteiger partial charge on any atom is -0.464 e. The minimum absolute atomic E-state index is 0.0303. The highest BCUT2D eigenvalue weighted by atomic mass is 32.1. The quantitative estimate of drug-likeness (QED) is 0.167. The molecule has 40 heavy (non-hydrogen) atoms. The van der Waals surface area contributed by atoms with E-state index in [1.165, 1.54) is 12.5 Å². The molecule has 208 valence electrons. The van der Waals surface area contributed by atoms with E-state index in [9.17, 15) is 14.7 Å². The minimum atomic E-state index is -2.67. The summed E-state index contributed by atoms with van der Waals surface area (Å²) >= 11 is 0.963. The number of thiazole rings is 1. The predicted molar refractivity (Wildman–Crippen MR) is 151 cm³/mol. The summed E-state index contributed by atoms with van der Waals surface area (Å²) in [5.41, 5.74) is 6.18. The number of methoxy groups -OCH3 is 1. The number of hydrogen-bond donors (Lipinski definition) is 2. The Kier molecular flexibility index (Phi) is 8.51. The van der Waals surface area contributed by atoms with Crippen LogP contribution in [0.3, 0.4) is 0 Å². The lowest BCUT2D eigenvalue weighted by Gasteiger charge is -2.43. The first kappa shape index (κ1) is 29.1. The zero-order chi connectivity index (χ0) is 29.0. The maximum absolute atomic E-state index is 13.7. The van der Waals surface area contributed by atoms with Gasteiger partial charge in [-0.05, 0) is 37.5 Å². The molecule has 0 amide bonds. The Hall–Kier alpha value is -3.89. The molecule has 3 N–H and O–H groups in total. The molecule has 0 aliphatic heterocycles. The molecule has 0 spiro atoms. The molecular formula is C31H32N2O6S. The van der Waals surface area contributed by atoms with Gasteiger partial charge in [-0.15, -0.1) is 11.3 Å². The van der Waals surface area contributed by atoms with Gasteiger partial charge in [0.25, 0.3) is 0 Å². The summed E-state index contributed by atoms with van der Waals surface area (Å²) < 4.78 is 17.0. The van der Waals surface area contributed by atoms with E-state index >= 15 is 0 Å². The molecule has 4 aromatic rings. The molecule has 8 nitrogen and oxygen atoms in total. The van der Waals surface area contributed by atoms with Crippen LogP contribution in [0, 0.1) is 0 Å². The van der Waals surface area contributed by atoms with E-state index < -0.39 is 35.0 Å². The number of ether oxygens (including phenoxy) is 3. The number of carbonyl (C=O) groups excluding carboxylic acids is 2. The second-order valence-electron chi connectivity index (χ2n) is 10.2. The van der Waals surface area contributed by atoms with Crippen LogP contribution in [0.1, 0.15) is 58.9 Å². The Balaban J connectivity index is 1.94. The van der Waals surface area contributed by atoms with Crippen molar-refractivity contribution in [2.45, 2.75) is 43.8 Å². The van der Waals surface area contributed by atoms with Crippen molar-refractivity contribution in [2.75, 3.05) is 7.11 Å². The third-order valence-electron chi connectivity index (χ3n) is 6.08. The predicted octanol–water partition coefficient (Wildman–Crippen LogP) is 4.97. The zero-order valence-corrected chi connectivity index (χ0v) is 23.6. The molecule has 0 saturated heterocycles. The number of rotatable bonds is 9. The molecule has 9 heteroatoms. The van der Waals surface area contributed by atoms with Crippen molar-refractivity contribution in [1.29, 1.82) is 0 Å². The van der Waals surface area contributed by atoms with Gasteiger partial charge in [0, 0.05) is 5.38 Å². The number of esters is 2. The van der Waals surface area contributed by atoms with Crippen LogP contribution in [-0.4, -0.2) is 40.7 Å². The molecule has 0 fully saturated rings. The summed E-state index contributed by atoms with van der Waals surface area (Å²) in [6.45, 7) is 5.09. The first-order chi connectivity index (χ1) is 19.0. The van der Waals surface area contributed by atoms with Crippen LogP contribution < -0.4 is 5.73 Å². The highest BCUT2D eigenvalue weighted by molar-refractivity contribution is 7.10. The van der Waals surface area contributed by atoms with Crippen LogP contribution in [0.2, 0.25) is 0 Å². The molecule has 2 atom stereocenters. The van der Waals surface area contributed by atoms with Gasteiger partial charge >= 0.3 is 11.9 Å². The lowest BCUT2D eigenvalue weighted by Crippen LogP contribution is -2.57. The summed E-state index contributed by atoms with van der Waals surface area (Å²) in [4.78, 5) is 30.1. The van der Waals surface area contributed by atoms with Crippen molar-refractivity contribution >= 4 is 23.3 Å². The van der Waals surface area contributed by atoms with E-state index in [0.717, 1.165) is 11.3 Å². The largest absolute Gasteiger partial charge is 0.464 e. The van der Waals surface area contributed by atoms with E-state index in [1.54, 1.807) is 20.8 Å². The van der Waals surface area contributed by atoms with Gasteiger partial charge in [-0.3, -0.25) is 10.5 Å². The summed E-state index contributed by atoms with van der Waals surface area (Å²) in [7, 11) is 1.23. The highest BCUT2D eigenvalue weighted by Gasteiger charge is 2.52. The molecule has 4 rings (SSSR count). The first-order valence-corrected chi connectivity index (χ1v) is 13.5. The van der Waals surface area contributed by atoms with Crippen molar-refractivity contribution in [3.05, 3.63) is 124 Å².